The lowest BCUT2D eigenvalue weighted by Gasteiger charge is -2.24. The number of hydrogen-bond acceptors (Lipinski definition) is 1. The first-order valence-electron chi connectivity index (χ1n) is 6.37. The van der Waals surface area contributed by atoms with E-state index < -0.39 is 0 Å². The minimum atomic E-state index is -0.347. The van der Waals surface area contributed by atoms with Gasteiger partial charge in [-0.2, -0.15) is 0 Å². The molecule has 0 aromatic heterocycles. The molecule has 2 aromatic rings. The third-order valence-electron chi connectivity index (χ3n) is 3.50. The largest absolute Gasteiger partial charge is 0.388 e. The SMILES string of the molecule is OC1CCc2ccccc2C1=Cc1ccccc1. The summed E-state index contributed by atoms with van der Waals surface area (Å²) in [5, 5.41) is 10.2. The van der Waals surface area contributed by atoms with Crippen LogP contribution in [0.25, 0.3) is 11.6 Å². The van der Waals surface area contributed by atoms with Gasteiger partial charge in [-0.25, -0.2) is 0 Å². The summed E-state index contributed by atoms with van der Waals surface area (Å²) in [4.78, 5) is 0. The van der Waals surface area contributed by atoms with Crippen LogP contribution in [0.1, 0.15) is 23.1 Å². The molecule has 1 heteroatoms. The molecule has 1 aliphatic carbocycles. The quantitative estimate of drug-likeness (QED) is 0.803. The van der Waals surface area contributed by atoms with Crippen LogP contribution in [0.2, 0.25) is 0 Å². The number of aliphatic hydroxyl groups excluding tert-OH is 1. The van der Waals surface area contributed by atoms with E-state index in [-0.39, 0.29) is 6.10 Å². The highest BCUT2D eigenvalue weighted by Gasteiger charge is 2.21. The zero-order valence-electron chi connectivity index (χ0n) is 10.2. The number of rotatable bonds is 1. The van der Waals surface area contributed by atoms with Crippen LogP contribution in [0.4, 0.5) is 0 Å². The first-order valence-corrected chi connectivity index (χ1v) is 6.37. The number of benzene rings is 2. The molecule has 1 atom stereocenters. The van der Waals surface area contributed by atoms with Crippen LogP contribution in [0.15, 0.2) is 54.6 Å². The number of hydrogen-bond donors (Lipinski definition) is 1. The predicted octanol–water partition coefficient (Wildman–Crippen LogP) is 3.53. The molecule has 1 N–H and O–H groups in total. The van der Waals surface area contributed by atoms with Gasteiger partial charge < -0.3 is 5.11 Å². The Morgan fingerprint density at radius 1 is 0.944 bits per heavy atom. The van der Waals surface area contributed by atoms with E-state index in [1.807, 2.05) is 24.3 Å². The summed E-state index contributed by atoms with van der Waals surface area (Å²) in [6.07, 6.45) is 3.53. The molecule has 90 valence electrons. The van der Waals surface area contributed by atoms with Gasteiger partial charge in [0.1, 0.15) is 0 Å². The minimum absolute atomic E-state index is 0.347. The summed E-state index contributed by atoms with van der Waals surface area (Å²) in [7, 11) is 0. The van der Waals surface area contributed by atoms with Crippen molar-refractivity contribution in [2.75, 3.05) is 0 Å². The normalized spacial score (nSPS) is 20.7. The summed E-state index contributed by atoms with van der Waals surface area (Å²) < 4.78 is 0. The van der Waals surface area contributed by atoms with Gasteiger partial charge in [-0.05, 0) is 41.2 Å². The fraction of sp³-hybridized carbons (Fsp3) is 0.176. The molecule has 0 saturated heterocycles. The van der Waals surface area contributed by atoms with Crippen molar-refractivity contribution in [1.29, 1.82) is 0 Å². The van der Waals surface area contributed by atoms with Crippen LogP contribution in [-0.2, 0) is 6.42 Å². The Morgan fingerprint density at radius 2 is 1.67 bits per heavy atom. The zero-order valence-corrected chi connectivity index (χ0v) is 10.2. The van der Waals surface area contributed by atoms with Gasteiger partial charge in [0.15, 0.2) is 0 Å². The Bertz CT molecular complexity index is 569. The van der Waals surface area contributed by atoms with E-state index in [1.165, 1.54) is 11.1 Å². The van der Waals surface area contributed by atoms with Crippen LogP contribution in [-0.4, -0.2) is 11.2 Å². The fourth-order valence-electron chi connectivity index (χ4n) is 2.55. The highest BCUT2D eigenvalue weighted by Crippen LogP contribution is 2.32. The van der Waals surface area contributed by atoms with Gasteiger partial charge in [-0.1, -0.05) is 54.6 Å². The Balaban J connectivity index is 2.08. The average Bonchev–Trinajstić information content (AvgIpc) is 2.43. The molecule has 0 bridgehead atoms. The molecule has 2 aromatic carbocycles. The van der Waals surface area contributed by atoms with Gasteiger partial charge in [0.05, 0.1) is 6.10 Å². The maximum Gasteiger partial charge on any atom is 0.0799 e. The van der Waals surface area contributed by atoms with Crippen molar-refractivity contribution in [3.8, 4) is 0 Å². The number of aryl methyl sites for hydroxylation is 1. The maximum atomic E-state index is 10.2. The van der Waals surface area contributed by atoms with Gasteiger partial charge >= 0.3 is 0 Å². The molecule has 0 radical (unpaired) electrons. The topological polar surface area (TPSA) is 20.2 Å². The van der Waals surface area contributed by atoms with Crippen LogP contribution >= 0.6 is 0 Å². The molecular weight excluding hydrogens is 220 g/mol. The summed E-state index contributed by atoms with van der Waals surface area (Å²) in [5.41, 5.74) is 4.72. The van der Waals surface area contributed by atoms with Gasteiger partial charge in [0, 0.05) is 0 Å². The van der Waals surface area contributed by atoms with Crippen LogP contribution < -0.4 is 0 Å². The van der Waals surface area contributed by atoms with Gasteiger partial charge in [-0.15, -0.1) is 0 Å². The summed E-state index contributed by atoms with van der Waals surface area (Å²) >= 11 is 0. The second-order valence-corrected chi connectivity index (χ2v) is 4.72. The van der Waals surface area contributed by atoms with E-state index in [4.69, 9.17) is 0 Å². The maximum absolute atomic E-state index is 10.2. The number of aliphatic hydroxyl groups is 1. The molecule has 0 amide bonds. The van der Waals surface area contributed by atoms with Crippen molar-refractivity contribution >= 4 is 11.6 Å². The molecule has 1 unspecified atom stereocenters. The molecule has 0 aliphatic heterocycles. The second kappa shape index (κ2) is 4.79. The fourth-order valence-corrected chi connectivity index (χ4v) is 2.55. The van der Waals surface area contributed by atoms with E-state index in [1.54, 1.807) is 0 Å². The van der Waals surface area contributed by atoms with Crippen molar-refractivity contribution < 1.29 is 5.11 Å². The highest BCUT2D eigenvalue weighted by atomic mass is 16.3. The Morgan fingerprint density at radius 3 is 2.50 bits per heavy atom. The van der Waals surface area contributed by atoms with Gasteiger partial charge in [0.25, 0.3) is 0 Å². The van der Waals surface area contributed by atoms with Crippen molar-refractivity contribution in [2.45, 2.75) is 18.9 Å². The molecule has 0 saturated carbocycles. The lowest BCUT2D eigenvalue weighted by atomic mass is 9.84. The summed E-state index contributed by atoms with van der Waals surface area (Å²) in [5.74, 6) is 0. The predicted molar refractivity (Wildman–Crippen MR) is 75.1 cm³/mol. The van der Waals surface area contributed by atoms with Crippen molar-refractivity contribution in [3.05, 3.63) is 71.3 Å². The molecular formula is C17H16O. The van der Waals surface area contributed by atoms with Crippen LogP contribution in [0.3, 0.4) is 0 Å². The molecule has 18 heavy (non-hydrogen) atoms. The van der Waals surface area contributed by atoms with Crippen molar-refractivity contribution in [1.82, 2.24) is 0 Å². The van der Waals surface area contributed by atoms with Gasteiger partial charge in [-0.3, -0.25) is 0 Å². The monoisotopic (exact) mass is 236 g/mol. The van der Waals surface area contributed by atoms with Crippen LogP contribution in [0.5, 0.6) is 0 Å². The molecule has 0 fully saturated rings. The molecule has 0 heterocycles. The number of fused-ring (bicyclic) bond motifs is 1. The molecule has 1 nitrogen and oxygen atoms in total. The lowest BCUT2D eigenvalue weighted by molar-refractivity contribution is 0.219. The van der Waals surface area contributed by atoms with Crippen molar-refractivity contribution in [3.63, 3.8) is 0 Å². The first kappa shape index (κ1) is 11.2. The Labute approximate surface area is 107 Å². The lowest BCUT2D eigenvalue weighted by Crippen LogP contribution is -2.17. The average molecular weight is 236 g/mol. The molecule has 1 aliphatic rings. The Hall–Kier alpha value is -1.86. The van der Waals surface area contributed by atoms with Gasteiger partial charge in [0.2, 0.25) is 0 Å². The smallest absolute Gasteiger partial charge is 0.0799 e. The third kappa shape index (κ3) is 2.09. The molecule has 3 rings (SSSR count). The van der Waals surface area contributed by atoms with E-state index in [0.29, 0.717) is 0 Å². The molecule has 0 spiro atoms. The highest BCUT2D eigenvalue weighted by molar-refractivity contribution is 5.85. The summed E-state index contributed by atoms with van der Waals surface area (Å²) in [6.45, 7) is 0. The zero-order chi connectivity index (χ0) is 12.4. The first-order chi connectivity index (χ1) is 8.84. The summed E-state index contributed by atoms with van der Waals surface area (Å²) in [6, 6.07) is 18.5. The van der Waals surface area contributed by atoms with Crippen molar-refractivity contribution in [2.24, 2.45) is 0 Å². The van der Waals surface area contributed by atoms with E-state index in [9.17, 15) is 5.11 Å². The third-order valence-corrected chi connectivity index (χ3v) is 3.50. The van der Waals surface area contributed by atoms with E-state index >= 15 is 0 Å². The van der Waals surface area contributed by atoms with E-state index in [0.717, 1.165) is 24.0 Å². The van der Waals surface area contributed by atoms with Crippen LogP contribution in [0, 0.1) is 0 Å². The standard InChI is InChI=1S/C17H16O/c18-17-11-10-14-8-4-5-9-15(14)16(17)12-13-6-2-1-3-7-13/h1-9,12,17-18H,10-11H2. The second-order valence-electron chi connectivity index (χ2n) is 4.72. The Kier molecular flexibility index (Phi) is 2.99. The van der Waals surface area contributed by atoms with E-state index in [2.05, 4.69) is 36.4 Å². The minimum Gasteiger partial charge on any atom is -0.388 e.